The molecule has 1 spiro atoms. The van der Waals surface area contributed by atoms with Crippen molar-refractivity contribution in [2.75, 3.05) is 39.5 Å². The van der Waals surface area contributed by atoms with E-state index in [9.17, 15) is 5.11 Å². The predicted molar refractivity (Wildman–Crippen MR) is 63.9 cm³/mol. The normalized spacial score (nSPS) is 40.4. The molecule has 0 aromatic carbocycles. The van der Waals surface area contributed by atoms with Gasteiger partial charge in [-0.05, 0) is 38.3 Å². The Balaban J connectivity index is 1.64. The molecule has 0 saturated carbocycles. The van der Waals surface area contributed by atoms with Gasteiger partial charge in [0.2, 0.25) is 0 Å². The van der Waals surface area contributed by atoms with Gasteiger partial charge in [0.1, 0.15) is 5.60 Å². The van der Waals surface area contributed by atoms with Crippen LogP contribution in [-0.2, 0) is 9.47 Å². The molecule has 0 aromatic heterocycles. The van der Waals surface area contributed by atoms with Gasteiger partial charge in [0.25, 0.3) is 0 Å². The first-order chi connectivity index (χ1) is 8.34. The van der Waals surface area contributed by atoms with Gasteiger partial charge in [0, 0.05) is 32.3 Å². The molecule has 17 heavy (non-hydrogen) atoms. The van der Waals surface area contributed by atoms with E-state index in [1.54, 1.807) is 0 Å². The molecule has 0 amide bonds. The maximum Gasteiger partial charge on any atom is 0.109 e. The lowest BCUT2D eigenvalue weighted by Gasteiger charge is -2.41. The minimum absolute atomic E-state index is 0.00789. The number of likely N-dealkylation sites (tertiary alicyclic amines) is 1. The van der Waals surface area contributed by atoms with Gasteiger partial charge in [0.15, 0.2) is 0 Å². The van der Waals surface area contributed by atoms with Gasteiger partial charge in [0.05, 0.1) is 6.61 Å². The molecule has 3 aliphatic rings. The lowest BCUT2D eigenvalue weighted by atomic mass is 9.89. The van der Waals surface area contributed by atoms with E-state index in [0.29, 0.717) is 18.6 Å². The van der Waals surface area contributed by atoms with Gasteiger partial charge in [-0.2, -0.15) is 0 Å². The fourth-order valence-corrected chi connectivity index (χ4v) is 3.63. The highest BCUT2D eigenvalue weighted by atomic mass is 16.6. The van der Waals surface area contributed by atoms with E-state index in [4.69, 9.17) is 9.47 Å². The number of nitrogens with zero attached hydrogens (tertiary/aromatic N) is 1. The molecule has 3 saturated heterocycles. The summed E-state index contributed by atoms with van der Waals surface area (Å²) < 4.78 is 11.6. The van der Waals surface area contributed by atoms with Crippen molar-refractivity contribution in [2.45, 2.75) is 37.3 Å². The molecule has 0 bridgehead atoms. The van der Waals surface area contributed by atoms with E-state index in [1.807, 2.05) is 0 Å². The third-order valence-corrected chi connectivity index (χ3v) is 4.75. The Bertz CT molecular complexity index is 252. The molecule has 2 atom stereocenters. The quantitative estimate of drug-likeness (QED) is 0.770. The Morgan fingerprint density at radius 3 is 2.65 bits per heavy atom. The van der Waals surface area contributed by atoms with Crippen molar-refractivity contribution in [3.63, 3.8) is 0 Å². The maximum atomic E-state index is 9.18. The lowest BCUT2D eigenvalue weighted by Crippen LogP contribution is -2.53. The van der Waals surface area contributed by atoms with Gasteiger partial charge in [-0.25, -0.2) is 0 Å². The van der Waals surface area contributed by atoms with Crippen LogP contribution in [-0.4, -0.2) is 61.2 Å². The van der Waals surface area contributed by atoms with E-state index >= 15 is 0 Å². The predicted octanol–water partition coefficient (Wildman–Crippen LogP) is 0.639. The molecule has 3 fully saturated rings. The second-order valence-electron chi connectivity index (χ2n) is 5.68. The van der Waals surface area contributed by atoms with Crippen LogP contribution < -0.4 is 0 Å². The highest BCUT2D eigenvalue weighted by Gasteiger charge is 2.49. The highest BCUT2D eigenvalue weighted by molar-refractivity contribution is 5.01. The van der Waals surface area contributed by atoms with Crippen LogP contribution >= 0.6 is 0 Å². The van der Waals surface area contributed by atoms with Crippen molar-refractivity contribution in [3.8, 4) is 0 Å². The van der Waals surface area contributed by atoms with Crippen LogP contribution in [0.4, 0.5) is 0 Å². The SMILES string of the molecule is OCC1CCN(C2CCOC23CCOC3)CC1. The minimum atomic E-state index is -0.00789. The molecule has 3 heterocycles. The van der Waals surface area contributed by atoms with Crippen molar-refractivity contribution in [1.82, 2.24) is 4.90 Å². The first kappa shape index (κ1) is 11.9. The summed E-state index contributed by atoms with van der Waals surface area (Å²) in [6.45, 7) is 5.08. The molecule has 1 N–H and O–H groups in total. The summed E-state index contributed by atoms with van der Waals surface area (Å²) in [5, 5.41) is 9.18. The Kier molecular flexibility index (Phi) is 3.39. The van der Waals surface area contributed by atoms with Crippen LogP contribution in [0, 0.1) is 5.92 Å². The fourth-order valence-electron chi connectivity index (χ4n) is 3.63. The number of hydrogen-bond donors (Lipinski definition) is 1. The average Bonchev–Trinajstić information content (AvgIpc) is 3.01. The van der Waals surface area contributed by atoms with Crippen molar-refractivity contribution < 1.29 is 14.6 Å². The van der Waals surface area contributed by atoms with Gasteiger partial charge in [-0.3, -0.25) is 4.90 Å². The largest absolute Gasteiger partial charge is 0.396 e. The average molecular weight is 241 g/mol. The number of aliphatic hydroxyl groups excluding tert-OH is 1. The van der Waals surface area contributed by atoms with E-state index in [0.717, 1.165) is 58.6 Å². The number of piperidine rings is 1. The molecule has 98 valence electrons. The van der Waals surface area contributed by atoms with Crippen molar-refractivity contribution in [2.24, 2.45) is 5.92 Å². The second-order valence-corrected chi connectivity index (χ2v) is 5.68. The molecular weight excluding hydrogens is 218 g/mol. The molecule has 4 nitrogen and oxygen atoms in total. The van der Waals surface area contributed by atoms with E-state index in [1.165, 1.54) is 0 Å². The summed E-state index contributed by atoms with van der Waals surface area (Å²) in [6, 6.07) is 0.546. The summed E-state index contributed by atoms with van der Waals surface area (Å²) in [5.74, 6) is 0.518. The number of rotatable bonds is 2. The monoisotopic (exact) mass is 241 g/mol. The van der Waals surface area contributed by atoms with Crippen molar-refractivity contribution >= 4 is 0 Å². The number of ether oxygens (including phenoxy) is 2. The molecule has 0 radical (unpaired) electrons. The maximum absolute atomic E-state index is 9.18. The summed E-state index contributed by atoms with van der Waals surface area (Å²) in [7, 11) is 0. The van der Waals surface area contributed by atoms with Crippen molar-refractivity contribution in [1.29, 1.82) is 0 Å². The molecular formula is C13H23NO3. The molecule has 4 heteroatoms. The lowest BCUT2D eigenvalue weighted by molar-refractivity contribution is -0.0506. The zero-order valence-electron chi connectivity index (χ0n) is 10.4. The molecule has 0 aromatic rings. The van der Waals surface area contributed by atoms with E-state index in [2.05, 4.69) is 4.90 Å². The number of hydrogen-bond acceptors (Lipinski definition) is 4. The van der Waals surface area contributed by atoms with Gasteiger partial charge in [-0.15, -0.1) is 0 Å². The van der Waals surface area contributed by atoms with Gasteiger partial charge in [-0.1, -0.05) is 0 Å². The first-order valence-corrected chi connectivity index (χ1v) is 6.91. The third-order valence-electron chi connectivity index (χ3n) is 4.75. The standard InChI is InChI=1S/C13H23NO3/c15-9-11-1-5-14(6-2-11)12-3-7-17-13(12)4-8-16-10-13/h11-12,15H,1-10H2. The molecule has 3 rings (SSSR count). The van der Waals surface area contributed by atoms with Crippen molar-refractivity contribution in [3.05, 3.63) is 0 Å². The number of aliphatic hydroxyl groups is 1. The van der Waals surface area contributed by atoms with Crippen LogP contribution in [0.5, 0.6) is 0 Å². The Morgan fingerprint density at radius 2 is 2.00 bits per heavy atom. The van der Waals surface area contributed by atoms with Gasteiger partial charge >= 0.3 is 0 Å². The Hall–Kier alpha value is -0.160. The van der Waals surface area contributed by atoms with Crippen LogP contribution in [0.2, 0.25) is 0 Å². The van der Waals surface area contributed by atoms with Gasteiger partial charge < -0.3 is 14.6 Å². The highest BCUT2D eigenvalue weighted by Crippen LogP contribution is 2.38. The third kappa shape index (κ3) is 2.12. The smallest absolute Gasteiger partial charge is 0.109 e. The van der Waals surface area contributed by atoms with E-state index in [-0.39, 0.29) is 5.60 Å². The minimum Gasteiger partial charge on any atom is -0.396 e. The second kappa shape index (κ2) is 4.84. The van der Waals surface area contributed by atoms with Crippen LogP contribution in [0.1, 0.15) is 25.7 Å². The fraction of sp³-hybridized carbons (Fsp3) is 1.00. The summed E-state index contributed by atoms with van der Waals surface area (Å²) in [6.07, 6.45) is 4.46. The first-order valence-electron chi connectivity index (χ1n) is 6.91. The summed E-state index contributed by atoms with van der Waals surface area (Å²) in [5.41, 5.74) is -0.00789. The summed E-state index contributed by atoms with van der Waals surface area (Å²) in [4.78, 5) is 2.58. The van der Waals surface area contributed by atoms with Crippen LogP contribution in [0.25, 0.3) is 0 Å². The Labute approximate surface area is 103 Å². The molecule has 2 unspecified atom stereocenters. The zero-order chi connectivity index (χ0) is 11.7. The van der Waals surface area contributed by atoms with E-state index < -0.39 is 0 Å². The zero-order valence-corrected chi connectivity index (χ0v) is 10.4. The summed E-state index contributed by atoms with van der Waals surface area (Å²) >= 11 is 0. The Morgan fingerprint density at radius 1 is 1.18 bits per heavy atom. The molecule has 0 aliphatic carbocycles. The topological polar surface area (TPSA) is 41.9 Å². The molecule has 3 aliphatic heterocycles. The van der Waals surface area contributed by atoms with Crippen LogP contribution in [0.15, 0.2) is 0 Å². The van der Waals surface area contributed by atoms with Crippen LogP contribution in [0.3, 0.4) is 0 Å².